The predicted octanol–water partition coefficient (Wildman–Crippen LogP) is 2.62. The summed E-state index contributed by atoms with van der Waals surface area (Å²) in [7, 11) is 1.57. The van der Waals surface area contributed by atoms with E-state index in [0.717, 1.165) is 5.65 Å². The van der Waals surface area contributed by atoms with E-state index in [-0.39, 0.29) is 17.9 Å². The van der Waals surface area contributed by atoms with Crippen molar-refractivity contribution in [3.05, 3.63) is 54.0 Å². The largest absolute Gasteiger partial charge is 0.355 e. The number of anilines is 1. The number of nitrogens with zero attached hydrogens (tertiary/aromatic N) is 3. The maximum Gasteiger partial charge on any atom is 0.257 e. The summed E-state index contributed by atoms with van der Waals surface area (Å²) in [5, 5.41) is 5.34. The first-order chi connectivity index (χ1) is 12.0. The molecule has 25 heavy (non-hydrogen) atoms. The van der Waals surface area contributed by atoms with Crippen LogP contribution in [0.25, 0.3) is 11.2 Å². The molecule has 7 heteroatoms. The molecule has 3 rings (SSSR count). The Morgan fingerprint density at radius 1 is 1.04 bits per heavy atom. The third-order valence-electron chi connectivity index (χ3n) is 3.86. The van der Waals surface area contributed by atoms with Crippen LogP contribution in [0.3, 0.4) is 0 Å². The first-order valence-electron chi connectivity index (χ1n) is 7.95. The highest BCUT2D eigenvalue weighted by Gasteiger charge is 2.12. The number of nitrogens with one attached hydrogen (secondary N) is 2. The van der Waals surface area contributed by atoms with Gasteiger partial charge < -0.3 is 15.2 Å². The van der Waals surface area contributed by atoms with E-state index in [1.54, 1.807) is 43.7 Å². The molecule has 0 radical (unpaired) electrons. The average Bonchev–Trinajstić information content (AvgIpc) is 3.05. The zero-order valence-corrected chi connectivity index (χ0v) is 14.3. The maximum absolute atomic E-state index is 12.4. The average molecular weight is 337 g/mol. The lowest BCUT2D eigenvalue weighted by Crippen LogP contribution is -2.18. The van der Waals surface area contributed by atoms with Crippen molar-refractivity contribution in [2.75, 3.05) is 12.4 Å². The molecular formula is C18H19N5O2. The molecule has 0 saturated heterocycles. The zero-order valence-electron chi connectivity index (χ0n) is 14.3. The van der Waals surface area contributed by atoms with Crippen LogP contribution in [0.2, 0.25) is 0 Å². The second-order valence-corrected chi connectivity index (χ2v) is 5.92. The van der Waals surface area contributed by atoms with Gasteiger partial charge in [0, 0.05) is 30.5 Å². The van der Waals surface area contributed by atoms with E-state index >= 15 is 0 Å². The molecule has 0 unspecified atom stereocenters. The lowest BCUT2D eigenvalue weighted by Gasteiger charge is -2.08. The molecule has 0 atom stereocenters. The van der Waals surface area contributed by atoms with Gasteiger partial charge in [-0.25, -0.2) is 9.97 Å². The van der Waals surface area contributed by atoms with Gasteiger partial charge in [0.05, 0.1) is 11.9 Å². The molecule has 2 heterocycles. The van der Waals surface area contributed by atoms with Crippen molar-refractivity contribution in [1.82, 2.24) is 19.9 Å². The van der Waals surface area contributed by atoms with Crippen molar-refractivity contribution < 1.29 is 9.59 Å². The van der Waals surface area contributed by atoms with Crippen LogP contribution in [-0.2, 0) is 0 Å². The van der Waals surface area contributed by atoms with Crippen LogP contribution >= 0.6 is 0 Å². The summed E-state index contributed by atoms with van der Waals surface area (Å²) in [4.78, 5) is 32.6. The fourth-order valence-corrected chi connectivity index (χ4v) is 2.47. The van der Waals surface area contributed by atoms with Crippen LogP contribution in [0.15, 0.2) is 42.9 Å². The van der Waals surface area contributed by atoms with Gasteiger partial charge in [-0.05, 0) is 44.2 Å². The SMILES string of the molecule is CNC(=O)c1ccc(NC(=O)c2cnc3c(c2)ncn3C(C)C)cc1. The Labute approximate surface area is 145 Å². The van der Waals surface area contributed by atoms with E-state index in [1.165, 1.54) is 6.20 Å². The van der Waals surface area contributed by atoms with Crippen LogP contribution in [0.5, 0.6) is 0 Å². The molecule has 2 amide bonds. The molecule has 0 spiro atoms. The third-order valence-corrected chi connectivity index (χ3v) is 3.86. The van der Waals surface area contributed by atoms with Crippen molar-refractivity contribution in [2.45, 2.75) is 19.9 Å². The Hall–Kier alpha value is -3.22. The van der Waals surface area contributed by atoms with Crippen LogP contribution in [-0.4, -0.2) is 33.4 Å². The summed E-state index contributed by atoms with van der Waals surface area (Å²) in [5.74, 6) is -0.450. The molecule has 0 aliphatic heterocycles. The fraction of sp³-hybridized carbons (Fsp3) is 0.222. The minimum absolute atomic E-state index is 0.173. The van der Waals surface area contributed by atoms with Crippen molar-refractivity contribution in [2.24, 2.45) is 0 Å². The van der Waals surface area contributed by atoms with Crippen LogP contribution < -0.4 is 10.6 Å². The Bertz CT molecular complexity index is 928. The van der Waals surface area contributed by atoms with Gasteiger partial charge >= 0.3 is 0 Å². The van der Waals surface area contributed by atoms with Gasteiger partial charge in [0.2, 0.25) is 0 Å². The highest BCUT2D eigenvalue weighted by molar-refractivity contribution is 6.05. The zero-order chi connectivity index (χ0) is 18.0. The Morgan fingerprint density at radius 3 is 2.40 bits per heavy atom. The number of rotatable bonds is 4. The summed E-state index contributed by atoms with van der Waals surface area (Å²) in [6, 6.07) is 8.63. The minimum atomic E-state index is -0.277. The molecule has 0 bridgehead atoms. The first-order valence-corrected chi connectivity index (χ1v) is 7.95. The minimum Gasteiger partial charge on any atom is -0.355 e. The lowest BCUT2D eigenvalue weighted by molar-refractivity contribution is 0.0962. The lowest BCUT2D eigenvalue weighted by atomic mass is 10.2. The number of pyridine rings is 1. The van der Waals surface area contributed by atoms with E-state index in [9.17, 15) is 9.59 Å². The van der Waals surface area contributed by atoms with Gasteiger partial charge in [-0.15, -0.1) is 0 Å². The van der Waals surface area contributed by atoms with E-state index in [1.807, 2.05) is 18.4 Å². The Morgan fingerprint density at radius 2 is 1.76 bits per heavy atom. The van der Waals surface area contributed by atoms with Gasteiger partial charge in [0.15, 0.2) is 5.65 Å². The molecule has 0 aliphatic carbocycles. The second kappa shape index (κ2) is 6.72. The van der Waals surface area contributed by atoms with Crippen molar-refractivity contribution in [3.8, 4) is 0 Å². The second-order valence-electron chi connectivity index (χ2n) is 5.92. The number of benzene rings is 1. The number of carbonyl (C=O) groups is 2. The van der Waals surface area contributed by atoms with Crippen molar-refractivity contribution in [3.63, 3.8) is 0 Å². The quantitative estimate of drug-likeness (QED) is 0.766. The molecule has 2 aromatic heterocycles. The maximum atomic E-state index is 12.4. The smallest absolute Gasteiger partial charge is 0.257 e. The van der Waals surface area contributed by atoms with E-state index < -0.39 is 0 Å². The number of hydrogen-bond acceptors (Lipinski definition) is 4. The van der Waals surface area contributed by atoms with E-state index in [0.29, 0.717) is 22.3 Å². The molecule has 2 N–H and O–H groups in total. The molecule has 0 aliphatic rings. The molecule has 128 valence electrons. The number of aromatic nitrogens is 3. The van der Waals surface area contributed by atoms with Gasteiger partial charge in [0.1, 0.15) is 5.52 Å². The predicted molar refractivity (Wildman–Crippen MR) is 95.7 cm³/mol. The standard InChI is InChI=1S/C18H19N5O2/c1-11(2)23-10-21-15-8-13(9-20-16(15)23)18(25)22-14-6-4-12(5-7-14)17(24)19-3/h4-11H,1-3H3,(H,19,24)(H,22,25). The fourth-order valence-electron chi connectivity index (χ4n) is 2.47. The van der Waals surface area contributed by atoms with E-state index in [2.05, 4.69) is 20.6 Å². The van der Waals surface area contributed by atoms with Gasteiger partial charge in [-0.3, -0.25) is 9.59 Å². The summed E-state index contributed by atoms with van der Waals surface area (Å²) in [6.07, 6.45) is 3.26. The summed E-state index contributed by atoms with van der Waals surface area (Å²) in [5.41, 5.74) is 2.99. The van der Waals surface area contributed by atoms with Crippen LogP contribution in [0.4, 0.5) is 5.69 Å². The topological polar surface area (TPSA) is 88.9 Å². The molecule has 0 fully saturated rings. The molecule has 3 aromatic rings. The number of carbonyl (C=O) groups excluding carboxylic acids is 2. The number of amides is 2. The van der Waals surface area contributed by atoms with Gasteiger partial charge in [0.25, 0.3) is 11.8 Å². The monoisotopic (exact) mass is 337 g/mol. The normalized spacial score (nSPS) is 10.9. The highest BCUT2D eigenvalue weighted by atomic mass is 16.2. The summed E-state index contributed by atoms with van der Waals surface area (Å²) < 4.78 is 1.95. The van der Waals surface area contributed by atoms with Crippen LogP contribution in [0, 0.1) is 0 Å². The Balaban J connectivity index is 1.79. The third kappa shape index (κ3) is 3.35. The van der Waals surface area contributed by atoms with Crippen molar-refractivity contribution in [1.29, 1.82) is 0 Å². The number of fused-ring (bicyclic) bond motifs is 1. The molecule has 1 aromatic carbocycles. The molecule has 7 nitrogen and oxygen atoms in total. The summed E-state index contributed by atoms with van der Waals surface area (Å²) >= 11 is 0. The van der Waals surface area contributed by atoms with Gasteiger partial charge in [-0.1, -0.05) is 0 Å². The molecular weight excluding hydrogens is 318 g/mol. The van der Waals surface area contributed by atoms with Gasteiger partial charge in [-0.2, -0.15) is 0 Å². The number of hydrogen-bond donors (Lipinski definition) is 2. The van der Waals surface area contributed by atoms with Crippen LogP contribution in [0.1, 0.15) is 40.6 Å². The highest BCUT2D eigenvalue weighted by Crippen LogP contribution is 2.17. The van der Waals surface area contributed by atoms with Crippen molar-refractivity contribution >= 4 is 28.7 Å². The Kier molecular flexibility index (Phi) is 4.47. The summed E-state index contributed by atoms with van der Waals surface area (Å²) in [6.45, 7) is 4.10. The van der Waals surface area contributed by atoms with E-state index in [4.69, 9.17) is 0 Å². The first kappa shape index (κ1) is 16.6. The number of imidazole rings is 1. The molecule has 0 saturated carbocycles.